The summed E-state index contributed by atoms with van der Waals surface area (Å²) in [5.41, 5.74) is 6.15. The zero-order valence-corrected chi connectivity index (χ0v) is 14.2. The second-order valence-electron chi connectivity index (χ2n) is 6.74. The van der Waals surface area contributed by atoms with Crippen LogP contribution in [0.3, 0.4) is 0 Å². The first-order chi connectivity index (χ1) is 12.1. The van der Waals surface area contributed by atoms with Gasteiger partial charge < -0.3 is 15.4 Å². The van der Waals surface area contributed by atoms with E-state index in [0.29, 0.717) is 30.5 Å². The summed E-state index contributed by atoms with van der Waals surface area (Å²) in [5.74, 6) is 1.60. The molecule has 3 heterocycles. The van der Waals surface area contributed by atoms with Gasteiger partial charge in [-0.25, -0.2) is 9.97 Å². The normalized spacial score (nSPS) is 23.2. The van der Waals surface area contributed by atoms with E-state index >= 15 is 0 Å². The first-order valence-electron chi connectivity index (χ1n) is 8.59. The Morgan fingerprint density at radius 3 is 2.92 bits per heavy atom. The molecular weight excluding hydrogens is 320 g/mol. The number of nitrogens with zero attached hydrogens (tertiary/aromatic N) is 5. The smallest absolute Gasteiger partial charge is 0.272 e. The molecule has 2 N–H and O–H groups in total. The van der Waals surface area contributed by atoms with Crippen LogP contribution in [0.1, 0.15) is 41.5 Å². The predicted molar refractivity (Wildman–Crippen MR) is 90.9 cm³/mol. The number of rotatable bonds is 5. The van der Waals surface area contributed by atoms with Crippen molar-refractivity contribution in [1.29, 1.82) is 0 Å². The summed E-state index contributed by atoms with van der Waals surface area (Å²) in [6.07, 6.45) is 6.51. The molecule has 1 amide bonds. The van der Waals surface area contributed by atoms with E-state index in [-0.39, 0.29) is 18.1 Å². The molecule has 1 aliphatic heterocycles. The van der Waals surface area contributed by atoms with Gasteiger partial charge in [0.1, 0.15) is 17.3 Å². The SMILES string of the molecule is CO[C@@H]1C[C@@H](Cn2ccc(N)n2)N(C(=O)c2ccnc(C3CC3)n2)C1. The van der Waals surface area contributed by atoms with Gasteiger partial charge in [-0.3, -0.25) is 9.48 Å². The standard InChI is InChI=1S/C17H22N6O2/c1-25-13-8-12(9-22-7-5-15(18)21-22)23(10-13)17(24)14-4-6-19-16(20-14)11-2-3-11/h4-7,11-13H,2-3,8-10H2,1H3,(H2,18,21)/t12-,13+/m0/s1. The zero-order valence-electron chi connectivity index (χ0n) is 14.2. The van der Waals surface area contributed by atoms with E-state index in [1.54, 1.807) is 30.1 Å². The number of aromatic nitrogens is 4. The lowest BCUT2D eigenvalue weighted by molar-refractivity contribution is 0.0672. The van der Waals surface area contributed by atoms with Crippen LogP contribution in [0, 0.1) is 0 Å². The fourth-order valence-electron chi connectivity index (χ4n) is 3.34. The van der Waals surface area contributed by atoms with Gasteiger partial charge in [0.15, 0.2) is 0 Å². The highest BCUT2D eigenvalue weighted by molar-refractivity contribution is 5.92. The maximum atomic E-state index is 13.0. The monoisotopic (exact) mass is 342 g/mol. The van der Waals surface area contributed by atoms with Crippen LogP contribution >= 0.6 is 0 Å². The minimum absolute atomic E-state index is 0.00362. The van der Waals surface area contributed by atoms with Gasteiger partial charge in [-0.1, -0.05) is 0 Å². The fraction of sp³-hybridized carbons (Fsp3) is 0.529. The van der Waals surface area contributed by atoms with Gasteiger partial charge in [0.2, 0.25) is 0 Å². The van der Waals surface area contributed by atoms with E-state index in [1.807, 2.05) is 11.1 Å². The molecule has 0 bridgehead atoms. The van der Waals surface area contributed by atoms with E-state index in [2.05, 4.69) is 15.1 Å². The number of methoxy groups -OCH3 is 1. The number of nitrogens with two attached hydrogens (primary N) is 1. The first kappa shape index (κ1) is 16.0. The number of carbonyl (C=O) groups is 1. The minimum Gasteiger partial charge on any atom is -0.382 e. The molecule has 0 spiro atoms. The van der Waals surface area contributed by atoms with Crippen molar-refractivity contribution in [3.05, 3.63) is 36.0 Å². The third kappa shape index (κ3) is 3.34. The quantitative estimate of drug-likeness (QED) is 0.872. The van der Waals surface area contributed by atoms with Crippen molar-refractivity contribution in [2.75, 3.05) is 19.4 Å². The van der Waals surface area contributed by atoms with Gasteiger partial charge in [-0.2, -0.15) is 5.10 Å². The Morgan fingerprint density at radius 2 is 2.24 bits per heavy atom. The third-order valence-electron chi connectivity index (χ3n) is 4.87. The van der Waals surface area contributed by atoms with Crippen LogP contribution in [0.5, 0.6) is 0 Å². The van der Waals surface area contributed by atoms with Crippen LogP contribution in [-0.2, 0) is 11.3 Å². The molecule has 1 saturated heterocycles. The largest absolute Gasteiger partial charge is 0.382 e. The topological polar surface area (TPSA) is 99.2 Å². The van der Waals surface area contributed by atoms with Gasteiger partial charge >= 0.3 is 0 Å². The van der Waals surface area contributed by atoms with Crippen LogP contribution in [0.2, 0.25) is 0 Å². The summed E-state index contributed by atoms with van der Waals surface area (Å²) in [5, 5.41) is 4.23. The van der Waals surface area contributed by atoms with Crippen LogP contribution in [0.4, 0.5) is 5.82 Å². The van der Waals surface area contributed by atoms with Crippen molar-refractivity contribution in [1.82, 2.24) is 24.6 Å². The second kappa shape index (κ2) is 6.44. The molecule has 2 fully saturated rings. The van der Waals surface area contributed by atoms with Crippen LogP contribution in [-0.4, -0.2) is 56.4 Å². The molecule has 2 aromatic heterocycles. The maximum absolute atomic E-state index is 13.0. The Balaban J connectivity index is 1.54. The number of ether oxygens (including phenoxy) is 1. The van der Waals surface area contributed by atoms with Crippen molar-refractivity contribution in [3.8, 4) is 0 Å². The first-order valence-corrected chi connectivity index (χ1v) is 8.59. The average Bonchev–Trinajstić information content (AvgIpc) is 3.29. The van der Waals surface area contributed by atoms with Gasteiger partial charge in [0, 0.05) is 32.0 Å². The molecule has 2 aliphatic rings. The lowest BCUT2D eigenvalue weighted by atomic mass is 10.2. The van der Waals surface area contributed by atoms with Crippen molar-refractivity contribution < 1.29 is 9.53 Å². The van der Waals surface area contributed by atoms with Gasteiger partial charge in [0.05, 0.1) is 18.7 Å². The summed E-state index contributed by atoms with van der Waals surface area (Å²) >= 11 is 0. The van der Waals surface area contributed by atoms with E-state index in [1.165, 1.54) is 0 Å². The molecule has 2 aromatic rings. The van der Waals surface area contributed by atoms with Gasteiger partial charge in [-0.05, 0) is 31.4 Å². The highest BCUT2D eigenvalue weighted by Gasteiger charge is 2.37. The summed E-state index contributed by atoms with van der Waals surface area (Å²) in [7, 11) is 1.68. The van der Waals surface area contributed by atoms with Crippen molar-refractivity contribution in [2.24, 2.45) is 0 Å². The zero-order chi connectivity index (χ0) is 17.4. The third-order valence-corrected chi connectivity index (χ3v) is 4.87. The van der Waals surface area contributed by atoms with E-state index in [0.717, 1.165) is 25.1 Å². The van der Waals surface area contributed by atoms with Gasteiger partial charge in [-0.15, -0.1) is 0 Å². The predicted octanol–water partition coefficient (Wildman–Crippen LogP) is 1.06. The lowest BCUT2D eigenvalue weighted by Crippen LogP contribution is -2.39. The van der Waals surface area contributed by atoms with Crippen molar-refractivity contribution in [3.63, 3.8) is 0 Å². The number of hydrogen-bond donors (Lipinski definition) is 1. The highest BCUT2D eigenvalue weighted by atomic mass is 16.5. The minimum atomic E-state index is -0.0750. The number of likely N-dealkylation sites (tertiary alicyclic amines) is 1. The average molecular weight is 342 g/mol. The highest BCUT2D eigenvalue weighted by Crippen LogP contribution is 2.37. The summed E-state index contributed by atoms with van der Waals surface area (Å²) in [4.78, 5) is 23.7. The fourth-order valence-corrected chi connectivity index (χ4v) is 3.34. The molecule has 0 aromatic carbocycles. The Hall–Kier alpha value is -2.48. The molecule has 1 aliphatic carbocycles. The van der Waals surface area contributed by atoms with Crippen LogP contribution in [0.25, 0.3) is 0 Å². The number of anilines is 1. The lowest BCUT2D eigenvalue weighted by Gasteiger charge is -2.24. The van der Waals surface area contributed by atoms with Crippen LogP contribution in [0.15, 0.2) is 24.5 Å². The Labute approximate surface area is 146 Å². The van der Waals surface area contributed by atoms with Crippen molar-refractivity contribution >= 4 is 11.7 Å². The summed E-state index contributed by atoms with van der Waals surface area (Å²) in [6.45, 7) is 1.14. The molecular formula is C17H22N6O2. The summed E-state index contributed by atoms with van der Waals surface area (Å²) in [6, 6.07) is 3.44. The van der Waals surface area contributed by atoms with E-state index in [4.69, 9.17) is 10.5 Å². The van der Waals surface area contributed by atoms with Gasteiger partial charge in [0.25, 0.3) is 5.91 Å². The Kier molecular flexibility index (Phi) is 4.12. The molecule has 2 atom stereocenters. The molecule has 4 rings (SSSR count). The number of nitrogen functional groups attached to an aromatic ring is 1. The number of hydrogen-bond acceptors (Lipinski definition) is 6. The number of amides is 1. The van der Waals surface area contributed by atoms with E-state index in [9.17, 15) is 4.79 Å². The Morgan fingerprint density at radius 1 is 1.40 bits per heavy atom. The Bertz CT molecular complexity index is 772. The van der Waals surface area contributed by atoms with Crippen LogP contribution < -0.4 is 5.73 Å². The molecule has 0 radical (unpaired) electrons. The molecule has 0 unspecified atom stereocenters. The molecule has 1 saturated carbocycles. The summed E-state index contributed by atoms with van der Waals surface area (Å²) < 4.78 is 7.26. The molecule has 8 heteroatoms. The molecule has 25 heavy (non-hydrogen) atoms. The maximum Gasteiger partial charge on any atom is 0.272 e. The molecule has 8 nitrogen and oxygen atoms in total. The number of carbonyl (C=O) groups excluding carboxylic acids is 1. The van der Waals surface area contributed by atoms with Crippen molar-refractivity contribution in [2.45, 2.75) is 43.9 Å². The van der Waals surface area contributed by atoms with E-state index < -0.39 is 0 Å². The molecule has 132 valence electrons. The second-order valence-corrected chi connectivity index (χ2v) is 6.74.